The van der Waals surface area contributed by atoms with Crippen LogP contribution < -0.4 is 4.90 Å². The van der Waals surface area contributed by atoms with Gasteiger partial charge in [-0.3, -0.25) is 0 Å². The van der Waals surface area contributed by atoms with Gasteiger partial charge in [-0.1, -0.05) is 31.0 Å². The summed E-state index contributed by atoms with van der Waals surface area (Å²) in [5.41, 5.74) is 9.22. The number of pyridine rings is 1. The van der Waals surface area contributed by atoms with Gasteiger partial charge in [-0.15, -0.1) is 0 Å². The summed E-state index contributed by atoms with van der Waals surface area (Å²) in [5, 5.41) is 6.12. The highest BCUT2D eigenvalue weighted by molar-refractivity contribution is 5.93. The van der Waals surface area contributed by atoms with Crippen molar-refractivity contribution in [3.63, 3.8) is 0 Å². The fraction of sp³-hybridized carbons (Fsp3) is 0.478. The molecule has 3 aromatic rings. The molecule has 0 aliphatic heterocycles. The van der Waals surface area contributed by atoms with Crippen LogP contribution in [0, 0.1) is 34.6 Å². The highest BCUT2D eigenvalue weighted by Gasteiger charge is 2.20. The highest BCUT2D eigenvalue weighted by atomic mass is 15.3. The fourth-order valence-electron chi connectivity index (χ4n) is 4.10. The van der Waals surface area contributed by atoms with Crippen LogP contribution in [-0.2, 0) is 0 Å². The molecule has 144 valence electrons. The Morgan fingerprint density at radius 2 is 1.63 bits per heavy atom. The van der Waals surface area contributed by atoms with Gasteiger partial charge in [-0.2, -0.15) is 5.10 Å². The molecule has 0 N–H and O–H groups in total. The van der Waals surface area contributed by atoms with Gasteiger partial charge >= 0.3 is 0 Å². The summed E-state index contributed by atoms with van der Waals surface area (Å²) >= 11 is 0. The zero-order chi connectivity index (χ0) is 19.7. The molecule has 0 fully saturated rings. The van der Waals surface area contributed by atoms with Gasteiger partial charge in [0.15, 0.2) is 5.65 Å². The van der Waals surface area contributed by atoms with Crippen molar-refractivity contribution in [2.24, 2.45) is 0 Å². The topological polar surface area (TPSA) is 34.0 Å². The van der Waals surface area contributed by atoms with E-state index in [4.69, 9.17) is 10.1 Å². The molecule has 2 aromatic heterocycles. The zero-order valence-electron chi connectivity index (χ0n) is 17.8. The minimum Gasteiger partial charge on any atom is -0.371 e. The number of aryl methyl sites for hydroxylation is 5. The summed E-state index contributed by atoms with van der Waals surface area (Å²) in [4.78, 5) is 7.38. The molecule has 0 bridgehead atoms. The number of nitrogens with zero attached hydrogens (tertiary/aromatic N) is 4. The minimum absolute atomic E-state index is 0.965. The van der Waals surface area contributed by atoms with Crippen molar-refractivity contribution in [3.05, 3.63) is 46.3 Å². The summed E-state index contributed by atoms with van der Waals surface area (Å²) < 4.78 is 2.05. The van der Waals surface area contributed by atoms with E-state index in [0.29, 0.717) is 0 Å². The quantitative estimate of drug-likeness (QED) is 0.572. The molecule has 3 rings (SSSR count). The lowest BCUT2D eigenvalue weighted by molar-refractivity contribution is 0.733. The maximum Gasteiger partial charge on any atom is 0.165 e. The number of benzene rings is 1. The Kier molecular flexibility index (Phi) is 5.54. The lowest BCUT2D eigenvalue weighted by Gasteiger charge is -2.24. The second kappa shape index (κ2) is 7.71. The van der Waals surface area contributed by atoms with Crippen LogP contribution in [0.5, 0.6) is 0 Å². The van der Waals surface area contributed by atoms with Crippen molar-refractivity contribution in [3.8, 4) is 5.69 Å². The van der Waals surface area contributed by atoms with Crippen LogP contribution in [-0.4, -0.2) is 27.9 Å². The summed E-state index contributed by atoms with van der Waals surface area (Å²) in [7, 11) is 0. The number of anilines is 1. The molecular formula is C23H32N4. The second-order valence-electron chi connectivity index (χ2n) is 7.66. The van der Waals surface area contributed by atoms with Crippen molar-refractivity contribution in [2.75, 3.05) is 18.0 Å². The first-order valence-corrected chi connectivity index (χ1v) is 10.1. The Morgan fingerprint density at radius 1 is 0.963 bits per heavy atom. The lowest BCUT2D eigenvalue weighted by atomic mass is 10.1. The van der Waals surface area contributed by atoms with Crippen LogP contribution in [0.15, 0.2) is 18.2 Å². The third kappa shape index (κ3) is 3.58. The number of hydrogen-bond acceptors (Lipinski definition) is 3. The molecule has 4 nitrogen and oxygen atoms in total. The summed E-state index contributed by atoms with van der Waals surface area (Å²) in [6.07, 6.45) is 2.39. The first-order chi connectivity index (χ1) is 12.9. The van der Waals surface area contributed by atoms with Crippen molar-refractivity contribution in [1.29, 1.82) is 0 Å². The van der Waals surface area contributed by atoms with E-state index in [2.05, 4.69) is 76.2 Å². The van der Waals surface area contributed by atoms with Gasteiger partial charge < -0.3 is 4.90 Å². The lowest BCUT2D eigenvalue weighted by Crippen LogP contribution is -2.24. The molecule has 0 unspecified atom stereocenters. The number of fused-ring (bicyclic) bond motifs is 1. The van der Waals surface area contributed by atoms with Gasteiger partial charge in [-0.05, 0) is 65.2 Å². The molecule has 1 aromatic carbocycles. The minimum atomic E-state index is 0.965. The van der Waals surface area contributed by atoms with Crippen molar-refractivity contribution in [1.82, 2.24) is 14.8 Å². The van der Waals surface area contributed by atoms with E-state index in [0.717, 1.165) is 35.8 Å². The van der Waals surface area contributed by atoms with E-state index >= 15 is 0 Å². The monoisotopic (exact) mass is 364 g/mol. The van der Waals surface area contributed by atoms with Crippen LogP contribution in [0.3, 0.4) is 0 Å². The SMILES string of the molecule is CCCCN(CC)c1cc(C)nc2c1c(C)nn2-c1c(C)cc(C)cc1C. The Hall–Kier alpha value is -2.36. The second-order valence-corrected chi connectivity index (χ2v) is 7.66. The van der Waals surface area contributed by atoms with Crippen LogP contribution in [0.4, 0.5) is 5.69 Å². The Balaban J connectivity index is 2.27. The highest BCUT2D eigenvalue weighted by Crippen LogP contribution is 2.33. The third-order valence-electron chi connectivity index (χ3n) is 5.27. The molecule has 0 amide bonds. The Labute approximate surface area is 163 Å². The van der Waals surface area contributed by atoms with Gasteiger partial charge in [0.2, 0.25) is 0 Å². The number of unbranched alkanes of at least 4 members (excludes halogenated alkanes) is 1. The fourth-order valence-corrected chi connectivity index (χ4v) is 4.10. The van der Waals surface area contributed by atoms with Crippen LogP contribution in [0.1, 0.15) is 54.8 Å². The van der Waals surface area contributed by atoms with Crippen molar-refractivity contribution in [2.45, 2.75) is 61.3 Å². The van der Waals surface area contributed by atoms with E-state index < -0.39 is 0 Å². The molecule has 0 spiro atoms. The van der Waals surface area contributed by atoms with Crippen LogP contribution in [0.25, 0.3) is 16.7 Å². The zero-order valence-corrected chi connectivity index (χ0v) is 17.8. The van der Waals surface area contributed by atoms with Gasteiger partial charge in [0.25, 0.3) is 0 Å². The van der Waals surface area contributed by atoms with Crippen LogP contribution >= 0.6 is 0 Å². The molecular weight excluding hydrogens is 332 g/mol. The van der Waals surface area contributed by atoms with Crippen molar-refractivity contribution < 1.29 is 0 Å². The van der Waals surface area contributed by atoms with E-state index in [1.807, 2.05) is 0 Å². The van der Waals surface area contributed by atoms with E-state index in [9.17, 15) is 0 Å². The van der Waals surface area contributed by atoms with E-state index in [-0.39, 0.29) is 0 Å². The summed E-state index contributed by atoms with van der Waals surface area (Å²) in [6.45, 7) is 17.2. The van der Waals surface area contributed by atoms with Gasteiger partial charge in [-0.25, -0.2) is 9.67 Å². The molecule has 0 saturated heterocycles. The van der Waals surface area contributed by atoms with Crippen molar-refractivity contribution >= 4 is 16.7 Å². The molecule has 0 radical (unpaired) electrons. The molecule has 0 aliphatic carbocycles. The standard InChI is InChI=1S/C23H32N4/c1-8-10-11-26(9-2)20-14-18(6)24-23-21(20)19(7)25-27(23)22-16(4)12-15(3)13-17(22)5/h12-14H,8-11H2,1-7H3. The molecule has 0 aliphatic rings. The molecule has 27 heavy (non-hydrogen) atoms. The van der Waals surface area contributed by atoms with E-state index in [1.165, 1.54) is 40.6 Å². The van der Waals surface area contributed by atoms with Crippen LogP contribution in [0.2, 0.25) is 0 Å². The third-order valence-corrected chi connectivity index (χ3v) is 5.27. The first kappa shape index (κ1) is 19.4. The predicted octanol–water partition coefficient (Wildman–Crippen LogP) is 5.59. The van der Waals surface area contributed by atoms with E-state index in [1.54, 1.807) is 0 Å². The predicted molar refractivity (Wildman–Crippen MR) is 115 cm³/mol. The maximum atomic E-state index is 4.94. The number of rotatable bonds is 6. The summed E-state index contributed by atoms with van der Waals surface area (Å²) in [5.74, 6) is 0. The first-order valence-electron chi connectivity index (χ1n) is 10.1. The molecule has 0 atom stereocenters. The average Bonchev–Trinajstić information content (AvgIpc) is 2.91. The number of hydrogen-bond donors (Lipinski definition) is 0. The Bertz CT molecular complexity index is 945. The van der Waals surface area contributed by atoms with Gasteiger partial charge in [0.1, 0.15) is 0 Å². The Morgan fingerprint density at radius 3 is 2.22 bits per heavy atom. The summed E-state index contributed by atoms with van der Waals surface area (Å²) in [6, 6.07) is 6.67. The normalized spacial score (nSPS) is 11.4. The van der Waals surface area contributed by atoms with Gasteiger partial charge in [0.05, 0.1) is 22.5 Å². The smallest absolute Gasteiger partial charge is 0.165 e. The maximum absolute atomic E-state index is 4.94. The van der Waals surface area contributed by atoms with Gasteiger partial charge in [0, 0.05) is 18.8 Å². The molecule has 0 saturated carbocycles. The number of aromatic nitrogens is 3. The average molecular weight is 365 g/mol. The molecule has 2 heterocycles. The largest absolute Gasteiger partial charge is 0.371 e. The molecule has 4 heteroatoms.